The van der Waals surface area contributed by atoms with Crippen LogP contribution in [0.15, 0.2) is 53.5 Å². The predicted octanol–water partition coefficient (Wildman–Crippen LogP) is 5.23. The van der Waals surface area contributed by atoms with Gasteiger partial charge in [-0.05, 0) is 29.9 Å². The molecule has 0 spiro atoms. The van der Waals surface area contributed by atoms with Crippen molar-refractivity contribution in [3.63, 3.8) is 0 Å². The molecule has 4 atom stereocenters. The number of hydrogen-bond acceptors (Lipinski definition) is 2. The van der Waals surface area contributed by atoms with Crippen LogP contribution in [0.3, 0.4) is 0 Å². The Morgan fingerprint density at radius 1 is 0.920 bits per heavy atom. The first-order valence-electron chi connectivity index (χ1n) is 9.17. The largest absolute Gasteiger partial charge is 0.312 e. The van der Waals surface area contributed by atoms with Gasteiger partial charge in [0.1, 0.15) is 5.84 Å². The maximum atomic E-state index is 8.11. The Labute approximate surface area is 148 Å². The van der Waals surface area contributed by atoms with Crippen molar-refractivity contribution in [3.8, 4) is 0 Å². The van der Waals surface area contributed by atoms with Gasteiger partial charge in [-0.15, -0.1) is 0 Å². The van der Waals surface area contributed by atoms with Crippen LogP contribution in [0, 0.1) is 29.1 Å². The third-order valence-corrected chi connectivity index (χ3v) is 6.12. The van der Waals surface area contributed by atoms with E-state index in [1.807, 2.05) is 0 Å². The Bertz CT molecular complexity index is 912. The monoisotopic (exact) mass is 331 g/mol. The maximum absolute atomic E-state index is 8.11. The summed E-state index contributed by atoms with van der Waals surface area (Å²) in [6.45, 7) is 7.67. The second-order valence-corrected chi connectivity index (χ2v) is 7.46. The quantitative estimate of drug-likeness (QED) is 0.593. The van der Waals surface area contributed by atoms with Crippen molar-refractivity contribution >= 4 is 33.9 Å². The van der Waals surface area contributed by atoms with Crippen molar-refractivity contribution in [2.24, 2.45) is 28.7 Å². The molecule has 25 heavy (non-hydrogen) atoms. The van der Waals surface area contributed by atoms with E-state index in [2.05, 4.69) is 73.9 Å². The standard InChI is InChI=1S/C22H25N3/c1-14-13-24-22(19(12-23)16(3)15(14)2)25-20-10-6-4-8-17(20)18-9-5-7-11-21(18)25/h4-12,14-16,19,23H,13H2,1-3H3/t14-,15+,16-,19-/m1/s1. The van der Waals surface area contributed by atoms with Gasteiger partial charge in [-0.2, -0.15) is 0 Å². The summed E-state index contributed by atoms with van der Waals surface area (Å²) in [5.74, 6) is 2.54. The first-order chi connectivity index (χ1) is 12.1. The number of hydrogen-bond donors (Lipinski definition) is 1. The van der Waals surface area contributed by atoms with Gasteiger partial charge >= 0.3 is 0 Å². The lowest BCUT2D eigenvalue weighted by Gasteiger charge is -2.27. The van der Waals surface area contributed by atoms with E-state index >= 15 is 0 Å². The second kappa shape index (κ2) is 6.14. The lowest BCUT2D eigenvalue weighted by Crippen LogP contribution is -2.31. The number of fused-ring (bicyclic) bond motifs is 3. The van der Waals surface area contributed by atoms with Crippen molar-refractivity contribution in [1.82, 2.24) is 4.57 Å². The predicted molar refractivity (Wildman–Crippen MR) is 107 cm³/mol. The normalized spacial score (nSPS) is 27.2. The molecule has 2 heterocycles. The zero-order valence-corrected chi connectivity index (χ0v) is 15.1. The molecule has 0 bridgehead atoms. The molecule has 3 aromatic rings. The van der Waals surface area contributed by atoms with Crippen molar-refractivity contribution < 1.29 is 0 Å². The van der Waals surface area contributed by atoms with Crippen molar-refractivity contribution in [3.05, 3.63) is 48.5 Å². The minimum absolute atomic E-state index is 0.0409. The van der Waals surface area contributed by atoms with E-state index < -0.39 is 0 Å². The molecule has 1 N–H and O–H groups in total. The molecular weight excluding hydrogens is 306 g/mol. The van der Waals surface area contributed by atoms with Gasteiger partial charge in [0.15, 0.2) is 0 Å². The Morgan fingerprint density at radius 2 is 1.48 bits per heavy atom. The second-order valence-electron chi connectivity index (χ2n) is 7.46. The molecule has 0 aliphatic carbocycles. The summed E-state index contributed by atoms with van der Waals surface area (Å²) >= 11 is 0. The third kappa shape index (κ3) is 2.41. The van der Waals surface area contributed by atoms with E-state index in [1.54, 1.807) is 6.21 Å². The average molecular weight is 331 g/mol. The van der Waals surface area contributed by atoms with E-state index in [4.69, 9.17) is 10.4 Å². The molecule has 2 aromatic carbocycles. The van der Waals surface area contributed by atoms with Gasteiger partial charge in [-0.25, -0.2) is 0 Å². The van der Waals surface area contributed by atoms with Crippen molar-refractivity contribution in [2.45, 2.75) is 20.8 Å². The summed E-state index contributed by atoms with van der Waals surface area (Å²) in [5.41, 5.74) is 2.37. The summed E-state index contributed by atoms with van der Waals surface area (Å²) in [6.07, 6.45) is 1.60. The molecule has 4 rings (SSSR count). The van der Waals surface area contributed by atoms with E-state index in [0.29, 0.717) is 17.8 Å². The van der Waals surface area contributed by atoms with Crippen LogP contribution in [0.2, 0.25) is 0 Å². The molecule has 0 unspecified atom stereocenters. The summed E-state index contributed by atoms with van der Waals surface area (Å²) in [7, 11) is 0. The molecule has 1 aliphatic heterocycles. The first-order valence-corrected chi connectivity index (χ1v) is 9.17. The van der Waals surface area contributed by atoms with Crippen LogP contribution >= 0.6 is 0 Å². The Hall–Kier alpha value is -2.42. The highest BCUT2D eigenvalue weighted by Crippen LogP contribution is 2.35. The van der Waals surface area contributed by atoms with Gasteiger partial charge < -0.3 is 5.41 Å². The lowest BCUT2D eigenvalue weighted by molar-refractivity contribution is 0.281. The summed E-state index contributed by atoms with van der Waals surface area (Å²) in [4.78, 5) is 5.03. The molecule has 1 aliphatic rings. The molecule has 0 radical (unpaired) electrons. The van der Waals surface area contributed by atoms with Gasteiger partial charge in [0.25, 0.3) is 0 Å². The molecular formula is C22H25N3. The van der Waals surface area contributed by atoms with E-state index in [-0.39, 0.29) is 5.92 Å². The minimum atomic E-state index is 0.0409. The van der Waals surface area contributed by atoms with Crippen LogP contribution in [0.1, 0.15) is 20.8 Å². The molecule has 0 fully saturated rings. The molecule has 0 saturated carbocycles. The zero-order valence-electron chi connectivity index (χ0n) is 15.1. The van der Waals surface area contributed by atoms with Crippen LogP contribution in [-0.2, 0) is 0 Å². The smallest absolute Gasteiger partial charge is 0.117 e. The van der Waals surface area contributed by atoms with Crippen LogP contribution in [0.5, 0.6) is 0 Å². The van der Waals surface area contributed by atoms with Crippen molar-refractivity contribution in [1.29, 1.82) is 5.41 Å². The molecule has 128 valence electrons. The van der Waals surface area contributed by atoms with Gasteiger partial charge in [0.05, 0.1) is 17.0 Å². The highest BCUT2D eigenvalue weighted by Gasteiger charge is 2.33. The van der Waals surface area contributed by atoms with Crippen LogP contribution in [-0.4, -0.2) is 23.2 Å². The number of aliphatic imine (C=N–C) groups is 1. The van der Waals surface area contributed by atoms with Gasteiger partial charge in [-0.1, -0.05) is 57.2 Å². The highest BCUT2D eigenvalue weighted by atomic mass is 15.1. The van der Waals surface area contributed by atoms with Gasteiger partial charge in [-0.3, -0.25) is 9.56 Å². The number of aromatic nitrogens is 1. The van der Waals surface area contributed by atoms with Gasteiger partial charge in [0, 0.05) is 23.5 Å². The number of para-hydroxylation sites is 2. The summed E-state index contributed by atoms with van der Waals surface area (Å²) in [5, 5.41) is 10.6. The number of benzene rings is 2. The Balaban J connectivity index is 2.03. The van der Waals surface area contributed by atoms with Gasteiger partial charge in [0.2, 0.25) is 0 Å². The fourth-order valence-electron chi connectivity index (χ4n) is 4.21. The topological polar surface area (TPSA) is 41.1 Å². The van der Waals surface area contributed by atoms with Crippen LogP contribution in [0.4, 0.5) is 0 Å². The Kier molecular flexibility index (Phi) is 3.95. The minimum Gasteiger partial charge on any atom is -0.312 e. The van der Waals surface area contributed by atoms with E-state index in [1.165, 1.54) is 21.8 Å². The van der Waals surface area contributed by atoms with Crippen LogP contribution in [0.25, 0.3) is 21.8 Å². The third-order valence-electron chi connectivity index (χ3n) is 6.12. The zero-order chi connectivity index (χ0) is 17.6. The molecule has 1 aromatic heterocycles. The fraction of sp³-hybridized carbons (Fsp3) is 0.364. The molecule has 3 heteroatoms. The fourth-order valence-corrected chi connectivity index (χ4v) is 4.21. The van der Waals surface area contributed by atoms with Crippen molar-refractivity contribution in [2.75, 3.05) is 6.54 Å². The number of rotatable bonds is 1. The lowest BCUT2D eigenvalue weighted by atomic mass is 9.78. The molecule has 0 amide bonds. The summed E-state index contributed by atoms with van der Waals surface area (Å²) in [6, 6.07) is 17.1. The molecule has 0 saturated heterocycles. The maximum Gasteiger partial charge on any atom is 0.117 e. The number of nitrogens with one attached hydrogen (secondary N) is 1. The van der Waals surface area contributed by atoms with E-state index in [0.717, 1.165) is 12.4 Å². The highest BCUT2D eigenvalue weighted by molar-refractivity contribution is 6.16. The SMILES string of the molecule is C[C@@H]1[C@@H](C)[C@@H](C=N)C(n2c3ccccc3c3ccccc32)=NC[C@H]1C. The summed E-state index contributed by atoms with van der Waals surface area (Å²) < 4.78 is 2.29. The van der Waals surface area contributed by atoms with Crippen LogP contribution < -0.4 is 0 Å². The average Bonchev–Trinajstić information content (AvgIpc) is 2.93. The number of nitrogens with zero attached hydrogens (tertiary/aromatic N) is 2. The van der Waals surface area contributed by atoms with E-state index in [9.17, 15) is 0 Å². The molecule has 3 nitrogen and oxygen atoms in total. The first kappa shape index (κ1) is 16.1. The Morgan fingerprint density at radius 3 is 2.04 bits per heavy atom.